The van der Waals surface area contributed by atoms with Gasteiger partial charge in [0.15, 0.2) is 0 Å². The van der Waals surface area contributed by atoms with Crippen molar-refractivity contribution in [3.05, 3.63) is 66.2 Å². The number of nitrogens with zero attached hydrogens (tertiary/aromatic N) is 2. The van der Waals surface area contributed by atoms with E-state index in [4.69, 9.17) is 4.98 Å². The average Bonchev–Trinajstić information content (AvgIpc) is 2.78. The highest BCUT2D eigenvalue weighted by Crippen LogP contribution is 2.37. The molecule has 1 fully saturated rings. The molecular weight excluding hydrogens is 392 g/mol. The van der Waals surface area contributed by atoms with Crippen LogP contribution in [0.2, 0.25) is 0 Å². The van der Waals surface area contributed by atoms with Crippen LogP contribution in [0.1, 0.15) is 63.2 Å². The van der Waals surface area contributed by atoms with Gasteiger partial charge >= 0.3 is 0 Å². The van der Waals surface area contributed by atoms with Crippen LogP contribution in [0.4, 0.5) is 0 Å². The van der Waals surface area contributed by atoms with Crippen molar-refractivity contribution in [3.63, 3.8) is 0 Å². The van der Waals surface area contributed by atoms with Gasteiger partial charge in [0.1, 0.15) is 0 Å². The Morgan fingerprint density at radius 3 is 2.25 bits per heavy atom. The van der Waals surface area contributed by atoms with E-state index in [0.717, 1.165) is 40.2 Å². The van der Waals surface area contributed by atoms with Crippen molar-refractivity contribution in [2.45, 2.75) is 52.9 Å². The van der Waals surface area contributed by atoms with Crippen LogP contribution in [0.25, 0.3) is 22.2 Å². The first-order chi connectivity index (χ1) is 15.3. The molecular formula is C29H36N2O. The molecule has 3 nitrogen and oxygen atoms in total. The van der Waals surface area contributed by atoms with E-state index in [9.17, 15) is 4.79 Å². The number of rotatable bonds is 5. The van der Waals surface area contributed by atoms with Gasteiger partial charge in [-0.25, -0.2) is 4.98 Å². The zero-order chi connectivity index (χ0) is 22.7. The summed E-state index contributed by atoms with van der Waals surface area (Å²) in [4.78, 5) is 20.3. The van der Waals surface area contributed by atoms with Gasteiger partial charge < -0.3 is 4.90 Å². The third-order valence-corrected chi connectivity index (χ3v) is 6.76. The third-order valence-electron chi connectivity index (χ3n) is 6.76. The largest absolute Gasteiger partial charge is 0.341 e. The van der Waals surface area contributed by atoms with Crippen LogP contribution < -0.4 is 0 Å². The fraction of sp³-hybridized carbons (Fsp3) is 0.448. The van der Waals surface area contributed by atoms with Gasteiger partial charge in [-0.3, -0.25) is 4.79 Å². The fourth-order valence-corrected chi connectivity index (χ4v) is 5.27. The number of carbonyl (C=O) groups is 1. The van der Waals surface area contributed by atoms with Gasteiger partial charge in [0.05, 0.1) is 16.8 Å². The number of fused-ring (bicyclic) bond motifs is 1. The minimum Gasteiger partial charge on any atom is -0.341 e. The minimum atomic E-state index is 0.0950. The molecule has 0 saturated heterocycles. The van der Waals surface area contributed by atoms with E-state index in [1.54, 1.807) is 0 Å². The lowest BCUT2D eigenvalue weighted by Gasteiger charge is -2.34. The molecule has 0 radical (unpaired) electrons. The smallest absolute Gasteiger partial charge is 0.254 e. The van der Waals surface area contributed by atoms with Gasteiger partial charge in [-0.15, -0.1) is 0 Å². The van der Waals surface area contributed by atoms with Crippen LogP contribution in [0.3, 0.4) is 0 Å². The molecule has 0 aliphatic heterocycles. The summed E-state index contributed by atoms with van der Waals surface area (Å²) in [6.45, 7) is 7.86. The molecule has 1 heterocycles. The van der Waals surface area contributed by atoms with Crippen molar-refractivity contribution >= 4 is 16.8 Å². The Bertz CT molecular complexity index is 1060. The quantitative estimate of drug-likeness (QED) is 0.430. The lowest BCUT2D eigenvalue weighted by Crippen LogP contribution is -2.34. The number of hydrogen-bond acceptors (Lipinski definition) is 2. The summed E-state index contributed by atoms with van der Waals surface area (Å²) >= 11 is 0. The van der Waals surface area contributed by atoms with E-state index in [1.807, 2.05) is 72.6 Å². The maximum absolute atomic E-state index is 13.6. The van der Waals surface area contributed by atoms with Crippen molar-refractivity contribution in [1.82, 2.24) is 9.88 Å². The molecule has 0 atom stereocenters. The lowest BCUT2D eigenvalue weighted by molar-refractivity contribution is 0.0750. The van der Waals surface area contributed by atoms with Crippen molar-refractivity contribution in [3.8, 4) is 11.3 Å². The summed E-state index contributed by atoms with van der Waals surface area (Å²) in [6, 6.07) is 20.1. The van der Waals surface area contributed by atoms with Gasteiger partial charge in [0.2, 0.25) is 0 Å². The summed E-state index contributed by atoms with van der Waals surface area (Å²) in [5, 5.41) is 0.929. The van der Waals surface area contributed by atoms with E-state index in [1.165, 1.54) is 32.1 Å². The molecule has 2 aromatic carbocycles. The number of amides is 1. The van der Waals surface area contributed by atoms with E-state index < -0.39 is 0 Å². The second-order valence-electron chi connectivity index (χ2n) is 10.8. The highest BCUT2D eigenvalue weighted by Gasteiger charge is 2.27. The summed E-state index contributed by atoms with van der Waals surface area (Å²) in [7, 11) is 1.96. The number of hydrogen-bond donors (Lipinski definition) is 0. The Kier molecular flexibility index (Phi) is 6.64. The van der Waals surface area contributed by atoms with Crippen molar-refractivity contribution in [2.75, 3.05) is 13.6 Å². The second kappa shape index (κ2) is 9.44. The Hall–Kier alpha value is -2.68. The third kappa shape index (κ3) is 5.38. The fourth-order valence-electron chi connectivity index (χ4n) is 5.27. The molecule has 1 aliphatic carbocycles. The molecule has 3 heteroatoms. The summed E-state index contributed by atoms with van der Waals surface area (Å²) in [5.41, 5.74) is 3.91. The van der Waals surface area contributed by atoms with Crippen LogP contribution in [-0.2, 0) is 0 Å². The zero-order valence-corrected chi connectivity index (χ0v) is 20.0. The lowest BCUT2D eigenvalue weighted by atomic mass is 9.74. The standard InChI is InChI=1S/C29H36N2O/c1-29(2,3)19-21-14-16-22(17-15-21)20-31(4)28(32)25-18-27(23-10-6-5-7-11-23)30-26-13-9-8-12-24(25)26/h5-13,18,21-22H,14-17,19-20H2,1-4H3. The monoisotopic (exact) mass is 428 g/mol. The minimum absolute atomic E-state index is 0.0950. The number of benzene rings is 2. The first-order valence-corrected chi connectivity index (χ1v) is 12.0. The molecule has 1 saturated carbocycles. The second-order valence-corrected chi connectivity index (χ2v) is 10.8. The van der Waals surface area contributed by atoms with Gasteiger partial charge in [-0.2, -0.15) is 0 Å². The maximum Gasteiger partial charge on any atom is 0.254 e. The van der Waals surface area contributed by atoms with Gasteiger partial charge in [-0.05, 0) is 48.6 Å². The van der Waals surface area contributed by atoms with Crippen molar-refractivity contribution in [1.29, 1.82) is 0 Å². The Morgan fingerprint density at radius 2 is 1.56 bits per heavy atom. The first-order valence-electron chi connectivity index (χ1n) is 12.0. The highest BCUT2D eigenvalue weighted by molar-refractivity contribution is 6.07. The summed E-state index contributed by atoms with van der Waals surface area (Å²) in [6.07, 6.45) is 6.34. The van der Waals surface area contributed by atoms with Crippen LogP contribution in [0.5, 0.6) is 0 Å². The average molecular weight is 429 g/mol. The molecule has 168 valence electrons. The molecule has 0 N–H and O–H groups in total. The molecule has 1 aromatic heterocycles. The van der Waals surface area contributed by atoms with Gasteiger partial charge in [0.25, 0.3) is 5.91 Å². The SMILES string of the molecule is CN(CC1CCC(CC(C)(C)C)CC1)C(=O)c1cc(-c2ccccc2)nc2ccccc12. The molecule has 1 amide bonds. The number of carbonyl (C=O) groups excluding carboxylic acids is 1. The van der Waals surface area contributed by atoms with Gasteiger partial charge in [-0.1, -0.05) is 82.1 Å². The zero-order valence-electron chi connectivity index (χ0n) is 20.0. The number of pyridine rings is 1. The van der Waals surface area contributed by atoms with E-state index in [2.05, 4.69) is 20.8 Å². The summed E-state index contributed by atoms with van der Waals surface area (Å²) in [5.74, 6) is 1.53. The van der Waals surface area contributed by atoms with Crippen LogP contribution in [0.15, 0.2) is 60.7 Å². The molecule has 4 rings (SSSR count). The van der Waals surface area contributed by atoms with Crippen molar-refractivity contribution in [2.24, 2.45) is 17.3 Å². The van der Waals surface area contributed by atoms with Gasteiger partial charge in [0, 0.05) is 24.5 Å². The Balaban J connectivity index is 1.51. The Labute approximate surface area is 192 Å². The number of aromatic nitrogens is 1. The van der Waals surface area contributed by atoms with E-state index in [0.29, 0.717) is 11.3 Å². The van der Waals surface area contributed by atoms with Crippen molar-refractivity contribution < 1.29 is 4.79 Å². The normalized spacial score (nSPS) is 19.1. The summed E-state index contributed by atoms with van der Waals surface area (Å²) < 4.78 is 0. The first kappa shape index (κ1) is 22.5. The topological polar surface area (TPSA) is 33.2 Å². The van der Waals surface area contributed by atoms with E-state index >= 15 is 0 Å². The molecule has 0 bridgehead atoms. The van der Waals surface area contributed by atoms with Crippen LogP contribution >= 0.6 is 0 Å². The molecule has 0 spiro atoms. The molecule has 1 aliphatic rings. The molecule has 0 unspecified atom stereocenters. The van der Waals surface area contributed by atoms with Crippen LogP contribution in [-0.4, -0.2) is 29.4 Å². The van der Waals surface area contributed by atoms with Crippen LogP contribution in [0, 0.1) is 17.3 Å². The molecule has 3 aromatic rings. The predicted octanol–water partition coefficient (Wildman–Crippen LogP) is 7.22. The highest BCUT2D eigenvalue weighted by atomic mass is 16.2. The molecule has 32 heavy (non-hydrogen) atoms. The predicted molar refractivity (Wildman–Crippen MR) is 134 cm³/mol. The number of para-hydroxylation sites is 1. The van der Waals surface area contributed by atoms with E-state index in [-0.39, 0.29) is 5.91 Å². The maximum atomic E-state index is 13.6. The Morgan fingerprint density at radius 1 is 0.938 bits per heavy atom.